The minimum Gasteiger partial charge on any atom is -0.289 e. The zero-order chi connectivity index (χ0) is 9.78. The van der Waals surface area contributed by atoms with Crippen LogP contribution in [0.4, 0.5) is 0 Å². The van der Waals surface area contributed by atoms with Gasteiger partial charge >= 0.3 is 0 Å². The van der Waals surface area contributed by atoms with Gasteiger partial charge in [0, 0.05) is 21.1 Å². The third kappa shape index (κ3) is 2.71. The summed E-state index contributed by atoms with van der Waals surface area (Å²) in [6.07, 6.45) is 0. The summed E-state index contributed by atoms with van der Waals surface area (Å²) in [5.41, 5.74) is 0. The molecule has 0 aromatic carbocycles. The Morgan fingerprint density at radius 2 is 1.75 bits per heavy atom. The molecule has 1 unspecified atom stereocenters. The molecule has 0 aliphatic rings. The monoisotopic (exact) mass is 174 g/mol. The maximum atomic E-state index is 3.36. The Hall–Kier alpha value is -0.160. The van der Waals surface area contributed by atoms with E-state index in [2.05, 4.69) is 29.5 Å². The molecular weight excluding hydrogens is 152 g/mol. The molecule has 0 saturated heterocycles. The number of hydrogen-bond donors (Lipinski definition) is 2. The van der Waals surface area contributed by atoms with Crippen molar-refractivity contribution in [1.82, 2.24) is 20.7 Å². The Balaban J connectivity index is 4.28. The van der Waals surface area contributed by atoms with Crippen molar-refractivity contribution in [3.63, 3.8) is 0 Å². The lowest BCUT2D eigenvalue weighted by molar-refractivity contribution is -0.0774. The van der Waals surface area contributed by atoms with Gasteiger partial charge in [0.15, 0.2) is 0 Å². The van der Waals surface area contributed by atoms with E-state index in [1.165, 1.54) is 0 Å². The molecule has 4 heteroatoms. The standard InChI is InChI=1S/C8H22N4/c1-7-10-8(2,9-3)12(6)11(4)5/h9-10H,7H2,1-6H3. The van der Waals surface area contributed by atoms with Gasteiger partial charge in [-0.05, 0) is 20.5 Å². The van der Waals surface area contributed by atoms with Crippen LogP contribution in [0.25, 0.3) is 0 Å². The number of hydrazine groups is 1. The van der Waals surface area contributed by atoms with Crippen molar-refractivity contribution in [2.75, 3.05) is 34.7 Å². The van der Waals surface area contributed by atoms with Gasteiger partial charge in [-0.1, -0.05) is 6.92 Å². The van der Waals surface area contributed by atoms with Gasteiger partial charge in [0.25, 0.3) is 0 Å². The van der Waals surface area contributed by atoms with Crippen molar-refractivity contribution >= 4 is 0 Å². The number of hydrogen-bond acceptors (Lipinski definition) is 4. The molecule has 0 rings (SSSR count). The summed E-state index contributed by atoms with van der Waals surface area (Å²) >= 11 is 0. The quantitative estimate of drug-likeness (QED) is 0.450. The largest absolute Gasteiger partial charge is 0.289 e. The molecule has 0 aliphatic carbocycles. The number of nitrogens with zero attached hydrogens (tertiary/aromatic N) is 2. The van der Waals surface area contributed by atoms with E-state index in [4.69, 9.17) is 0 Å². The maximum Gasteiger partial charge on any atom is 0.135 e. The van der Waals surface area contributed by atoms with Crippen molar-refractivity contribution in [1.29, 1.82) is 0 Å². The normalized spacial score (nSPS) is 17.0. The second kappa shape index (κ2) is 4.77. The van der Waals surface area contributed by atoms with Gasteiger partial charge < -0.3 is 0 Å². The fourth-order valence-electron chi connectivity index (χ4n) is 1.11. The summed E-state index contributed by atoms with van der Waals surface area (Å²) in [5, 5.41) is 10.7. The first kappa shape index (κ1) is 11.8. The van der Waals surface area contributed by atoms with Gasteiger partial charge in [0.05, 0.1) is 0 Å². The van der Waals surface area contributed by atoms with Gasteiger partial charge in [-0.3, -0.25) is 10.6 Å². The van der Waals surface area contributed by atoms with E-state index in [9.17, 15) is 0 Å². The van der Waals surface area contributed by atoms with E-state index in [0.717, 1.165) is 6.54 Å². The van der Waals surface area contributed by atoms with Crippen molar-refractivity contribution in [2.45, 2.75) is 19.6 Å². The van der Waals surface area contributed by atoms with E-state index in [-0.39, 0.29) is 5.79 Å². The molecule has 12 heavy (non-hydrogen) atoms. The molecule has 2 N–H and O–H groups in total. The first-order valence-corrected chi connectivity index (χ1v) is 4.33. The van der Waals surface area contributed by atoms with Crippen LogP contribution in [0.1, 0.15) is 13.8 Å². The fraction of sp³-hybridized carbons (Fsp3) is 1.00. The zero-order valence-corrected chi connectivity index (χ0v) is 9.10. The second-order valence-electron chi connectivity index (χ2n) is 3.22. The van der Waals surface area contributed by atoms with Crippen LogP contribution in [-0.2, 0) is 0 Å². The minimum absolute atomic E-state index is 0.168. The van der Waals surface area contributed by atoms with Crippen molar-refractivity contribution in [3.8, 4) is 0 Å². The molecule has 0 bridgehead atoms. The highest BCUT2D eigenvalue weighted by molar-refractivity contribution is 4.74. The van der Waals surface area contributed by atoms with E-state index >= 15 is 0 Å². The summed E-state index contributed by atoms with van der Waals surface area (Å²) in [5.74, 6) is -0.168. The van der Waals surface area contributed by atoms with Gasteiger partial charge in [-0.15, -0.1) is 0 Å². The second-order valence-corrected chi connectivity index (χ2v) is 3.22. The van der Waals surface area contributed by atoms with Gasteiger partial charge in [-0.25, -0.2) is 10.0 Å². The SMILES string of the molecule is CCNC(C)(NC)N(C)N(C)C. The predicted molar refractivity (Wildman–Crippen MR) is 52.6 cm³/mol. The molecular formula is C8H22N4. The highest BCUT2D eigenvalue weighted by atomic mass is 15.7. The first-order chi connectivity index (χ1) is 5.48. The fourth-order valence-corrected chi connectivity index (χ4v) is 1.11. The highest BCUT2D eigenvalue weighted by Crippen LogP contribution is 2.04. The van der Waals surface area contributed by atoms with E-state index < -0.39 is 0 Å². The van der Waals surface area contributed by atoms with Crippen LogP contribution in [0.15, 0.2) is 0 Å². The predicted octanol–water partition coefficient (Wildman–Crippen LogP) is -0.103. The lowest BCUT2D eigenvalue weighted by Gasteiger charge is -2.42. The molecule has 0 aliphatic heterocycles. The Morgan fingerprint density at radius 1 is 1.25 bits per heavy atom. The molecule has 1 atom stereocenters. The summed E-state index contributed by atoms with van der Waals surface area (Å²) in [7, 11) is 8.03. The van der Waals surface area contributed by atoms with Crippen LogP contribution in [0.3, 0.4) is 0 Å². The molecule has 4 nitrogen and oxygen atoms in total. The lowest BCUT2D eigenvalue weighted by atomic mass is 10.3. The van der Waals surface area contributed by atoms with Crippen LogP contribution >= 0.6 is 0 Å². The van der Waals surface area contributed by atoms with E-state index in [0.29, 0.717) is 0 Å². The summed E-state index contributed by atoms with van der Waals surface area (Å²) in [6.45, 7) is 5.14. The zero-order valence-electron chi connectivity index (χ0n) is 9.10. The molecule has 0 aromatic heterocycles. The van der Waals surface area contributed by atoms with Crippen molar-refractivity contribution in [2.24, 2.45) is 0 Å². The van der Waals surface area contributed by atoms with E-state index in [1.807, 2.05) is 33.2 Å². The van der Waals surface area contributed by atoms with Crippen molar-refractivity contribution in [3.05, 3.63) is 0 Å². The summed E-state index contributed by atoms with van der Waals surface area (Å²) < 4.78 is 0. The topological polar surface area (TPSA) is 30.5 Å². The molecule has 0 amide bonds. The van der Waals surface area contributed by atoms with Gasteiger partial charge in [-0.2, -0.15) is 0 Å². The molecule has 0 heterocycles. The molecule has 74 valence electrons. The third-order valence-corrected chi connectivity index (χ3v) is 2.26. The average molecular weight is 174 g/mol. The minimum atomic E-state index is -0.168. The van der Waals surface area contributed by atoms with Gasteiger partial charge in [0.1, 0.15) is 5.79 Å². The van der Waals surface area contributed by atoms with Crippen LogP contribution < -0.4 is 10.6 Å². The molecule has 0 aromatic rings. The average Bonchev–Trinajstić information content (AvgIpc) is 2.03. The number of rotatable bonds is 5. The summed E-state index contributed by atoms with van der Waals surface area (Å²) in [6, 6.07) is 0. The van der Waals surface area contributed by atoms with Crippen molar-refractivity contribution < 1.29 is 0 Å². The van der Waals surface area contributed by atoms with Gasteiger partial charge in [0.2, 0.25) is 0 Å². The highest BCUT2D eigenvalue weighted by Gasteiger charge is 2.26. The van der Waals surface area contributed by atoms with Crippen LogP contribution in [0.5, 0.6) is 0 Å². The molecule has 0 radical (unpaired) electrons. The maximum absolute atomic E-state index is 3.36. The van der Waals surface area contributed by atoms with Crippen LogP contribution in [0, 0.1) is 0 Å². The van der Waals surface area contributed by atoms with Crippen LogP contribution in [-0.4, -0.2) is 50.5 Å². The van der Waals surface area contributed by atoms with E-state index in [1.54, 1.807) is 0 Å². The Kier molecular flexibility index (Phi) is 4.70. The Labute approximate surface area is 75.9 Å². The Morgan fingerprint density at radius 3 is 2.00 bits per heavy atom. The number of nitrogens with one attached hydrogen (secondary N) is 2. The molecule has 0 spiro atoms. The third-order valence-electron chi connectivity index (χ3n) is 2.26. The molecule has 0 saturated carbocycles. The van der Waals surface area contributed by atoms with Crippen LogP contribution in [0.2, 0.25) is 0 Å². The summed E-state index contributed by atoms with van der Waals surface area (Å²) in [4.78, 5) is 0. The molecule has 0 fully saturated rings. The lowest BCUT2D eigenvalue weighted by Crippen LogP contribution is -2.66. The first-order valence-electron chi connectivity index (χ1n) is 4.33. The Bertz CT molecular complexity index is 126. The smallest absolute Gasteiger partial charge is 0.135 e.